The summed E-state index contributed by atoms with van der Waals surface area (Å²) in [6.45, 7) is 7.34. The summed E-state index contributed by atoms with van der Waals surface area (Å²) in [6.07, 6.45) is 0. The molecule has 0 aliphatic heterocycles. The van der Waals surface area contributed by atoms with E-state index in [2.05, 4.69) is 45.4 Å². The topological polar surface area (TPSA) is 43.8 Å². The largest absolute Gasteiger partial charge is 0.326 e. The molecule has 1 heterocycles. The Morgan fingerprint density at radius 1 is 1.35 bits per heavy atom. The standard InChI is InChI=1S/C13H18BrN3/c1-8(2)7-17-12-5-4-10(14)6-11(12)16-13(17)9(3)15/h4-6,8-9H,7,15H2,1-3H3. The molecule has 0 fully saturated rings. The van der Waals surface area contributed by atoms with Gasteiger partial charge in [0.05, 0.1) is 17.1 Å². The Bertz CT molecular complexity index is 529. The second kappa shape index (κ2) is 4.78. The summed E-state index contributed by atoms with van der Waals surface area (Å²) in [5.41, 5.74) is 8.17. The molecule has 1 aromatic carbocycles. The second-order valence-corrected chi connectivity index (χ2v) is 5.81. The first-order valence-corrected chi connectivity index (χ1v) is 6.69. The second-order valence-electron chi connectivity index (χ2n) is 4.90. The SMILES string of the molecule is CC(C)Cn1c(C(C)N)nc2cc(Br)ccc21. The molecule has 2 rings (SSSR count). The highest BCUT2D eigenvalue weighted by Crippen LogP contribution is 2.24. The zero-order chi connectivity index (χ0) is 12.6. The number of hydrogen-bond acceptors (Lipinski definition) is 2. The minimum absolute atomic E-state index is 0.0417. The Kier molecular flexibility index (Phi) is 3.54. The number of fused-ring (bicyclic) bond motifs is 1. The predicted octanol–water partition coefficient (Wildman–Crippen LogP) is 3.47. The van der Waals surface area contributed by atoms with Crippen molar-refractivity contribution in [1.29, 1.82) is 0 Å². The van der Waals surface area contributed by atoms with Crippen LogP contribution in [0.1, 0.15) is 32.6 Å². The van der Waals surface area contributed by atoms with E-state index in [1.807, 2.05) is 19.1 Å². The van der Waals surface area contributed by atoms with E-state index in [1.54, 1.807) is 0 Å². The van der Waals surface area contributed by atoms with Gasteiger partial charge in [0.2, 0.25) is 0 Å². The van der Waals surface area contributed by atoms with E-state index in [4.69, 9.17) is 5.73 Å². The van der Waals surface area contributed by atoms with Crippen molar-refractivity contribution in [3.8, 4) is 0 Å². The van der Waals surface area contributed by atoms with Crippen LogP contribution in [0.3, 0.4) is 0 Å². The van der Waals surface area contributed by atoms with Gasteiger partial charge < -0.3 is 10.3 Å². The Balaban J connectivity index is 2.62. The van der Waals surface area contributed by atoms with E-state index in [9.17, 15) is 0 Å². The van der Waals surface area contributed by atoms with E-state index < -0.39 is 0 Å². The highest BCUT2D eigenvalue weighted by molar-refractivity contribution is 9.10. The van der Waals surface area contributed by atoms with Crippen molar-refractivity contribution in [2.45, 2.75) is 33.4 Å². The Hall–Kier alpha value is -0.870. The number of halogens is 1. The van der Waals surface area contributed by atoms with Crippen LogP contribution in [0.4, 0.5) is 0 Å². The zero-order valence-corrected chi connectivity index (χ0v) is 12.0. The van der Waals surface area contributed by atoms with Crippen LogP contribution in [0, 0.1) is 5.92 Å². The summed E-state index contributed by atoms with van der Waals surface area (Å²) < 4.78 is 3.28. The fourth-order valence-electron chi connectivity index (χ4n) is 2.03. The molecule has 0 spiro atoms. The number of imidazole rings is 1. The maximum Gasteiger partial charge on any atom is 0.126 e. The summed E-state index contributed by atoms with van der Waals surface area (Å²) in [6, 6.07) is 6.14. The van der Waals surface area contributed by atoms with Gasteiger partial charge in [-0.05, 0) is 31.0 Å². The van der Waals surface area contributed by atoms with Crippen molar-refractivity contribution in [1.82, 2.24) is 9.55 Å². The molecule has 0 bridgehead atoms. The fraction of sp³-hybridized carbons (Fsp3) is 0.462. The Morgan fingerprint density at radius 2 is 2.06 bits per heavy atom. The molecule has 0 radical (unpaired) electrons. The van der Waals surface area contributed by atoms with Gasteiger partial charge in [-0.3, -0.25) is 0 Å². The van der Waals surface area contributed by atoms with Crippen LogP contribution in [-0.2, 0) is 6.54 Å². The van der Waals surface area contributed by atoms with Crippen molar-refractivity contribution >= 4 is 27.0 Å². The summed E-state index contributed by atoms with van der Waals surface area (Å²) in [5, 5.41) is 0. The van der Waals surface area contributed by atoms with Gasteiger partial charge in [0.15, 0.2) is 0 Å². The molecule has 1 atom stereocenters. The maximum atomic E-state index is 6.00. The van der Waals surface area contributed by atoms with E-state index in [-0.39, 0.29) is 6.04 Å². The number of hydrogen-bond donors (Lipinski definition) is 1. The number of rotatable bonds is 3. The molecule has 1 unspecified atom stereocenters. The van der Waals surface area contributed by atoms with Crippen molar-refractivity contribution in [3.05, 3.63) is 28.5 Å². The van der Waals surface area contributed by atoms with Gasteiger partial charge in [-0.15, -0.1) is 0 Å². The van der Waals surface area contributed by atoms with Crippen molar-refractivity contribution in [2.75, 3.05) is 0 Å². The number of nitrogens with two attached hydrogens (primary N) is 1. The molecule has 92 valence electrons. The molecule has 0 saturated carbocycles. The molecule has 0 amide bonds. The first-order chi connectivity index (χ1) is 7.99. The molecule has 0 saturated heterocycles. The smallest absolute Gasteiger partial charge is 0.126 e. The van der Waals surface area contributed by atoms with Crippen molar-refractivity contribution in [2.24, 2.45) is 11.7 Å². The molecule has 2 aromatic rings. The fourth-order valence-corrected chi connectivity index (χ4v) is 2.38. The highest BCUT2D eigenvalue weighted by atomic mass is 79.9. The summed E-state index contributed by atoms with van der Waals surface area (Å²) in [7, 11) is 0. The zero-order valence-electron chi connectivity index (χ0n) is 10.4. The number of benzene rings is 1. The molecular formula is C13H18BrN3. The average molecular weight is 296 g/mol. The number of nitrogens with zero attached hydrogens (tertiary/aromatic N) is 2. The summed E-state index contributed by atoms with van der Waals surface area (Å²) in [4.78, 5) is 4.63. The minimum Gasteiger partial charge on any atom is -0.326 e. The monoisotopic (exact) mass is 295 g/mol. The third kappa shape index (κ3) is 2.53. The van der Waals surface area contributed by atoms with Gasteiger partial charge in [0.25, 0.3) is 0 Å². The third-order valence-corrected chi connectivity index (χ3v) is 3.19. The van der Waals surface area contributed by atoms with Crippen LogP contribution < -0.4 is 5.73 Å². The lowest BCUT2D eigenvalue weighted by molar-refractivity contribution is 0.505. The van der Waals surface area contributed by atoms with Crippen LogP contribution >= 0.6 is 15.9 Å². The van der Waals surface area contributed by atoms with Crippen LogP contribution in [0.15, 0.2) is 22.7 Å². The third-order valence-electron chi connectivity index (χ3n) is 2.69. The van der Waals surface area contributed by atoms with Gasteiger partial charge in [-0.25, -0.2) is 4.98 Å². The van der Waals surface area contributed by atoms with Crippen molar-refractivity contribution < 1.29 is 0 Å². The molecule has 17 heavy (non-hydrogen) atoms. The highest BCUT2D eigenvalue weighted by Gasteiger charge is 2.14. The minimum atomic E-state index is -0.0417. The van der Waals surface area contributed by atoms with Gasteiger partial charge in [-0.1, -0.05) is 29.8 Å². The molecule has 1 aromatic heterocycles. The van der Waals surface area contributed by atoms with Gasteiger partial charge in [0, 0.05) is 11.0 Å². The van der Waals surface area contributed by atoms with Crippen molar-refractivity contribution in [3.63, 3.8) is 0 Å². The molecule has 2 N–H and O–H groups in total. The lowest BCUT2D eigenvalue weighted by Crippen LogP contribution is -2.15. The van der Waals surface area contributed by atoms with Gasteiger partial charge >= 0.3 is 0 Å². The first-order valence-electron chi connectivity index (χ1n) is 5.90. The quantitative estimate of drug-likeness (QED) is 0.942. The molecule has 0 aliphatic carbocycles. The summed E-state index contributed by atoms with van der Waals surface area (Å²) in [5.74, 6) is 1.54. The van der Waals surface area contributed by atoms with E-state index >= 15 is 0 Å². The predicted molar refractivity (Wildman–Crippen MR) is 74.9 cm³/mol. The van der Waals surface area contributed by atoms with E-state index in [0.717, 1.165) is 27.9 Å². The maximum absolute atomic E-state index is 6.00. The number of aromatic nitrogens is 2. The molecule has 0 aliphatic rings. The van der Waals surface area contributed by atoms with E-state index in [1.165, 1.54) is 0 Å². The molecule has 4 heteroatoms. The van der Waals surface area contributed by atoms with Gasteiger partial charge in [-0.2, -0.15) is 0 Å². The molecular weight excluding hydrogens is 278 g/mol. The van der Waals surface area contributed by atoms with Crippen LogP contribution in [0.5, 0.6) is 0 Å². The average Bonchev–Trinajstić information content (AvgIpc) is 2.55. The Morgan fingerprint density at radius 3 is 2.65 bits per heavy atom. The van der Waals surface area contributed by atoms with Crippen LogP contribution in [0.25, 0.3) is 11.0 Å². The van der Waals surface area contributed by atoms with Gasteiger partial charge in [0.1, 0.15) is 5.82 Å². The lowest BCUT2D eigenvalue weighted by atomic mass is 10.2. The van der Waals surface area contributed by atoms with Crippen LogP contribution in [0.2, 0.25) is 0 Å². The van der Waals surface area contributed by atoms with Crippen LogP contribution in [-0.4, -0.2) is 9.55 Å². The summed E-state index contributed by atoms with van der Waals surface area (Å²) >= 11 is 3.47. The van der Waals surface area contributed by atoms with E-state index in [0.29, 0.717) is 5.92 Å². The lowest BCUT2D eigenvalue weighted by Gasteiger charge is -2.13. The normalized spacial score (nSPS) is 13.5. The first kappa shape index (κ1) is 12.6. The Labute approximate surface area is 110 Å². The molecule has 3 nitrogen and oxygen atoms in total.